The van der Waals surface area contributed by atoms with Gasteiger partial charge in [-0.1, -0.05) is 0 Å². The number of likely N-dealkylation sites (tertiary alicyclic amines) is 1. The second-order valence-corrected chi connectivity index (χ2v) is 6.53. The van der Waals surface area contributed by atoms with Crippen LogP contribution in [0.5, 0.6) is 0 Å². The Morgan fingerprint density at radius 3 is 2.32 bits per heavy atom. The Hall–Kier alpha value is -1.34. The van der Waals surface area contributed by atoms with Gasteiger partial charge in [-0.15, -0.1) is 12.4 Å². The molecule has 1 aromatic carbocycles. The van der Waals surface area contributed by atoms with Crippen molar-refractivity contribution in [2.24, 2.45) is 0 Å². The van der Waals surface area contributed by atoms with Crippen LogP contribution in [-0.4, -0.2) is 42.9 Å². The summed E-state index contributed by atoms with van der Waals surface area (Å²) in [6.45, 7) is 1.28. The molecule has 3 rings (SSSR count). The lowest BCUT2D eigenvalue weighted by Gasteiger charge is -2.32. The molecule has 25 heavy (non-hydrogen) atoms. The average Bonchev–Trinajstić information content (AvgIpc) is 2.57. The summed E-state index contributed by atoms with van der Waals surface area (Å²) < 4.78 is 54.5. The van der Waals surface area contributed by atoms with Gasteiger partial charge >= 0.3 is 0 Å². The number of halogens is 5. The lowest BCUT2D eigenvalue weighted by atomic mass is 9.88. The highest BCUT2D eigenvalue weighted by Crippen LogP contribution is 2.31. The summed E-state index contributed by atoms with van der Waals surface area (Å²) in [4.78, 5) is 13.8. The van der Waals surface area contributed by atoms with Crippen LogP contribution < -0.4 is 5.32 Å². The molecule has 140 valence electrons. The van der Waals surface area contributed by atoms with Crippen LogP contribution in [0.1, 0.15) is 47.5 Å². The van der Waals surface area contributed by atoms with Crippen LogP contribution in [0, 0.1) is 11.6 Å². The van der Waals surface area contributed by atoms with Crippen molar-refractivity contribution in [3.05, 3.63) is 34.9 Å². The van der Waals surface area contributed by atoms with Gasteiger partial charge in [-0.3, -0.25) is 4.79 Å². The van der Waals surface area contributed by atoms with Crippen molar-refractivity contribution in [2.75, 3.05) is 26.2 Å². The van der Waals surface area contributed by atoms with Gasteiger partial charge < -0.3 is 10.2 Å². The predicted octanol–water partition coefficient (Wildman–Crippen LogP) is 3.72. The number of piperidine rings is 2. The molecule has 2 aliphatic heterocycles. The van der Waals surface area contributed by atoms with Crippen molar-refractivity contribution >= 4 is 18.3 Å². The normalized spacial score (nSPS) is 20.9. The van der Waals surface area contributed by atoms with Gasteiger partial charge in [0.1, 0.15) is 0 Å². The Kier molecular flexibility index (Phi) is 6.32. The maximum absolute atomic E-state index is 14.2. The van der Waals surface area contributed by atoms with Crippen LogP contribution in [0.2, 0.25) is 0 Å². The fraction of sp³-hybridized carbons (Fsp3) is 0.588. The molecule has 2 fully saturated rings. The molecule has 0 spiro atoms. The fourth-order valence-electron chi connectivity index (χ4n) is 3.38. The Balaban J connectivity index is 0.00000225. The zero-order chi connectivity index (χ0) is 17.3. The molecule has 2 saturated heterocycles. The van der Waals surface area contributed by atoms with E-state index in [9.17, 15) is 22.4 Å². The molecule has 2 aliphatic rings. The fourth-order valence-corrected chi connectivity index (χ4v) is 3.38. The van der Waals surface area contributed by atoms with Crippen LogP contribution in [0.4, 0.5) is 17.6 Å². The van der Waals surface area contributed by atoms with Gasteiger partial charge in [-0.2, -0.15) is 0 Å². The summed E-state index contributed by atoms with van der Waals surface area (Å²) in [6.07, 6.45) is 0.543. The molecule has 0 aliphatic carbocycles. The van der Waals surface area contributed by atoms with Gasteiger partial charge in [0.25, 0.3) is 11.8 Å². The Morgan fingerprint density at radius 1 is 1.12 bits per heavy atom. The van der Waals surface area contributed by atoms with Crippen molar-refractivity contribution in [1.82, 2.24) is 10.2 Å². The quantitative estimate of drug-likeness (QED) is 0.793. The second-order valence-electron chi connectivity index (χ2n) is 6.53. The first-order valence-corrected chi connectivity index (χ1v) is 8.24. The van der Waals surface area contributed by atoms with E-state index in [-0.39, 0.29) is 42.5 Å². The topological polar surface area (TPSA) is 32.3 Å². The van der Waals surface area contributed by atoms with E-state index in [1.54, 1.807) is 0 Å². The minimum atomic E-state index is -2.76. The summed E-state index contributed by atoms with van der Waals surface area (Å²) in [5, 5.41) is 3.15. The van der Waals surface area contributed by atoms with Crippen LogP contribution in [0.25, 0.3) is 0 Å². The highest BCUT2D eigenvalue weighted by Gasteiger charge is 2.36. The molecule has 3 nitrogen and oxygen atoms in total. The van der Waals surface area contributed by atoms with E-state index in [4.69, 9.17) is 0 Å². The number of nitrogens with one attached hydrogen (secondary N) is 1. The standard InChI is InChI=1S/C17H20F4N2O.ClH/c18-14-10-12(16(24)23-7-3-17(20,21)4-8-23)9-13(15(14)19)11-1-5-22-6-2-11;/h9-11,22H,1-8H2;1H. The van der Waals surface area contributed by atoms with E-state index in [0.717, 1.165) is 6.07 Å². The second kappa shape index (κ2) is 7.91. The molecule has 8 heteroatoms. The summed E-state index contributed by atoms with van der Waals surface area (Å²) >= 11 is 0. The number of hydrogen-bond acceptors (Lipinski definition) is 2. The molecule has 0 saturated carbocycles. The SMILES string of the molecule is Cl.O=C(c1cc(F)c(F)c(C2CCNCC2)c1)N1CCC(F)(F)CC1. The van der Waals surface area contributed by atoms with Crippen molar-refractivity contribution in [2.45, 2.75) is 37.5 Å². The number of carbonyl (C=O) groups excluding carboxylic acids is 1. The molecule has 0 bridgehead atoms. The van der Waals surface area contributed by atoms with Crippen molar-refractivity contribution in [3.8, 4) is 0 Å². The summed E-state index contributed by atoms with van der Waals surface area (Å²) in [7, 11) is 0. The van der Waals surface area contributed by atoms with Gasteiger partial charge in [0.2, 0.25) is 0 Å². The molecule has 1 amide bonds. The van der Waals surface area contributed by atoms with E-state index in [1.165, 1.54) is 11.0 Å². The zero-order valence-electron chi connectivity index (χ0n) is 13.7. The average molecular weight is 381 g/mol. The molecule has 0 atom stereocenters. The Labute approximate surface area is 150 Å². The number of rotatable bonds is 2. The summed E-state index contributed by atoms with van der Waals surface area (Å²) in [5.41, 5.74) is 0.245. The highest BCUT2D eigenvalue weighted by molar-refractivity contribution is 5.94. The van der Waals surface area contributed by atoms with Crippen molar-refractivity contribution < 1.29 is 22.4 Å². The molecule has 0 radical (unpaired) electrons. The minimum Gasteiger partial charge on any atom is -0.338 e. The van der Waals surface area contributed by atoms with E-state index in [0.29, 0.717) is 25.9 Å². The van der Waals surface area contributed by atoms with Gasteiger partial charge in [0.05, 0.1) is 0 Å². The number of hydrogen-bond donors (Lipinski definition) is 1. The Bertz CT molecular complexity index is 625. The molecular formula is C17H21ClF4N2O. The molecular weight excluding hydrogens is 360 g/mol. The third-order valence-corrected chi connectivity index (χ3v) is 4.86. The number of carbonyl (C=O) groups is 1. The van der Waals surface area contributed by atoms with E-state index in [1.807, 2.05) is 0 Å². The van der Waals surface area contributed by atoms with Crippen LogP contribution in [0.15, 0.2) is 12.1 Å². The smallest absolute Gasteiger partial charge is 0.253 e. The molecule has 2 heterocycles. The monoisotopic (exact) mass is 380 g/mol. The largest absolute Gasteiger partial charge is 0.338 e. The minimum absolute atomic E-state index is 0. The lowest BCUT2D eigenvalue weighted by Crippen LogP contribution is -2.42. The summed E-state index contributed by atoms with van der Waals surface area (Å²) in [6, 6.07) is 2.26. The molecule has 0 aromatic heterocycles. The van der Waals surface area contributed by atoms with E-state index < -0.39 is 36.3 Å². The van der Waals surface area contributed by atoms with Gasteiger partial charge in [-0.25, -0.2) is 17.6 Å². The van der Waals surface area contributed by atoms with Gasteiger partial charge in [0, 0.05) is 31.5 Å². The van der Waals surface area contributed by atoms with Crippen molar-refractivity contribution in [1.29, 1.82) is 0 Å². The van der Waals surface area contributed by atoms with Crippen LogP contribution in [-0.2, 0) is 0 Å². The maximum Gasteiger partial charge on any atom is 0.253 e. The van der Waals surface area contributed by atoms with Crippen LogP contribution in [0.3, 0.4) is 0 Å². The molecule has 0 unspecified atom stereocenters. The van der Waals surface area contributed by atoms with Gasteiger partial charge in [-0.05, 0) is 49.5 Å². The highest BCUT2D eigenvalue weighted by atomic mass is 35.5. The predicted molar refractivity (Wildman–Crippen MR) is 88.5 cm³/mol. The lowest BCUT2D eigenvalue weighted by molar-refractivity contribution is -0.0494. The number of amides is 1. The molecule has 1 aromatic rings. The Morgan fingerprint density at radius 2 is 1.72 bits per heavy atom. The first-order valence-electron chi connectivity index (χ1n) is 8.24. The first-order chi connectivity index (χ1) is 11.4. The molecule has 1 N–H and O–H groups in total. The summed E-state index contributed by atoms with van der Waals surface area (Å²) in [5.74, 6) is -5.38. The number of benzene rings is 1. The van der Waals surface area contributed by atoms with Gasteiger partial charge in [0.15, 0.2) is 11.6 Å². The van der Waals surface area contributed by atoms with E-state index in [2.05, 4.69) is 5.32 Å². The third-order valence-electron chi connectivity index (χ3n) is 4.86. The van der Waals surface area contributed by atoms with Crippen molar-refractivity contribution in [3.63, 3.8) is 0 Å². The van der Waals surface area contributed by atoms with E-state index >= 15 is 0 Å². The maximum atomic E-state index is 14.2. The third kappa shape index (κ3) is 4.44. The van der Waals surface area contributed by atoms with Crippen LogP contribution >= 0.6 is 12.4 Å². The first kappa shape index (κ1) is 20.0. The number of alkyl halides is 2. The number of nitrogens with zero attached hydrogens (tertiary/aromatic N) is 1. The zero-order valence-corrected chi connectivity index (χ0v) is 14.5.